The van der Waals surface area contributed by atoms with E-state index in [1.54, 1.807) is 62.4 Å². The molecule has 2 aromatic rings. The molecule has 0 radical (unpaired) electrons. The number of para-hydroxylation sites is 2. The average molecular weight is 441 g/mol. The van der Waals surface area contributed by atoms with E-state index in [1.165, 1.54) is 0 Å². The van der Waals surface area contributed by atoms with Crippen LogP contribution in [0.4, 0.5) is 0 Å². The molecule has 0 unspecified atom stereocenters. The van der Waals surface area contributed by atoms with E-state index in [2.05, 4.69) is 9.05 Å². The lowest BCUT2D eigenvalue weighted by atomic mass is 10.3. The molecule has 0 heterocycles. The zero-order chi connectivity index (χ0) is 19.5. The fourth-order valence-electron chi connectivity index (χ4n) is 1.58. The second-order valence-corrected chi connectivity index (χ2v) is 9.59. The Labute approximate surface area is 163 Å². The molecule has 0 saturated carbocycles. The molecule has 26 heavy (non-hydrogen) atoms. The minimum absolute atomic E-state index is 0.306. The molecular formula is C16H20Cl2O6P2. The first-order chi connectivity index (χ1) is 12.3. The lowest BCUT2D eigenvalue weighted by Gasteiger charge is -2.13. The van der Waals surface area contributed by atoms with E-state index < -0.39 is 13.9 Å². The van der Waals surface area contributed by atoms with Crippen LogP contribution in [0.3, 0.4) is 0 Å². The Kier molecular flexibility index (Phi) is 10.3. The van der Waals surface area contributed by atoms with Crippen LogP contribution in [0.1, 0.15) is 13.8 Å². The summed E-state index contributed by atoms with van der Waals surface area (Å²) >= 11 is 11.0. The van der Waals surface area contributed by atoms with Gasteiger partial charge in [0.25, 0.3) is 0 Å². The molecule has 0 aliphatic carbocycles. The lowest BCUT2D eigenvalue weighted by molar-refractivity contribution is 0.235. The van der Waals surface area contributed by atoms with Crippen molar-refractivity contribution in [2.75, 3.05) is 13.2 Å². The first kappa shape index (κ1) is 23.0. The molecule has 0 bridgehead atoms. The van der Waals surface area contributed by atoms with Gasteiger partial charge in [-0.1, -0.05) is 36.4 Å². The summed E-state index contributed by atoms with van der Waals surface area (Å²) in [7, 11) is 0. The van der Waals surface area contributed by atoms with Gasteiger partial charge >= 0.3 is 13.9 Å². The fraction of sp³-hybridized carbons (Fsp3) is 0.250. The molecule has 0 aliphatic rings. The van der Waals surface area contributed by atoms with Gasteiger partial charge in [-0.2, -0.15) is 0 Å². The third-order valence-corrected chi connectivity index (χ3v) is 5.47. The summed E-state index contributed by atoms with van der Waals surface area (Å²) in [5.41, 5.74) is 0. The van der Waals surface area contributed by atoms with Crippen LogP contribution in [0.15, 0.2) is 60.7 Å². The van der Waals surface area contributed by atoms with Crippen LogP contribution in [0.25, 0.3) is 0 Å². The third-order valence-electron chi connectivity index (χ3n) is 2.48. The topological polar surface area (TPSA) is 71.1 Å². The maximum Gasteiger partial charge on any atom is 0.530 e. The molecule has 2 rings (SSSR count). The summed E-state index contributed by atoms with van der Waals surface area (Å²) in [6.45, 7) is -2.87. The molecular weight excluding hydrogens is 421 g/mol. The second-order valence-electron chi connectivity index (χ2n) is 4.51. The van der Waals surface area contributed by atoms with Crippen molar-refractivity contribution < 1.29 is 27.2 Å². The minimum atomic E-state index is -3.66. The van der Waals surface area contributed by atoms with Gasteiger partial charge in [-0.3, -0.25) is 9.05 Å². The van der Waals surface area contributed by atoms with Gasteiger partial charge in [0.2, 0.25) is 0 Å². The smallest absolute Gasteiger partial charge is 0.405 e. The Morgan fingerprint density at radius 3 is 1.35 bits per heavy atom. The highest BCUT2D eigenvalue weighted by Crippen LogP contribution is 2.53. The maximum absolute atomic E-state index is 11.9. The van der Waals surface area contributed by atoms with E-state index in [-0.39, 0.29) is 0 Å². The zero-order valence-corrected chi connectivity index (χ0v) is 17.6. The van der Waals surface area contributed by atoms with Gasteiger partial charge in [-0.05, 0) is 38.1 Å². The van der Waals surface area contributed by atoms with Gasteiger partial charge < -0.3 is 9.05 Å². The van der Waals surface area contributed by atoms with Crippen molar-refractivity contribution in [2.24, 2.45) is 0 Å². The molecule has 0 N–H and O–H groups in total. The summed E-state index contributed by atoms with van der Waals surface area (Å²) in [6.07, 6.45) is 0. The molecule has 10 heteroatoms. The quantitative estimate of drug-likeness (QED) is 0.415. The molecule has 2 aromatic carbocycles. The van der Waals surface area contributed by atoms with Crippen LogP contribution in [-0.4, -0.2) is 13.2 Å². The fourth-order valence-corrected chi connectivity index (χ4v) is 4.12. The van der Waals surface area contributed by atoms with E-state index in [0.29, 0.717) is 24.7 Å². The molecule has 6 nitrogen and oxygen atoms in total. The molecule has 0 aromatic heterocycles. The first-order valence-corrected chi connectivity index (χ1v) is 12.6. The Morgan fingerprint density at radius 2 is 1.04 bits per heavy atom. The van der Waals surface area contributed by atoms with Crippen LogP contribution >= 0.6 is 36.4 Å². The van der Waals surface area contributed by atoms with Gasteiger partial charge in [-0.25, -0.2) is 9.13 Å². The summed E-state index contributed by atoms with van der Waals surface area (Å²) in [5, 5.41) is 0. The van der Waals surface area contributed by atoms with E-state index in [0.717, 1.165) is 0 Å². The predicted molar refractivity (Wildman–Crippen MR) is 104 cm³/mol. The summed E-state index contributed by atoms with van der Waals surface area (Å²) in [5.74, 6) is 0.809. The first-order valence-electron chi connectivity index (χ1n) is 7.65. The number of hydrogen-bond acceptors (Lipinski definition) is 6. The normalized spacial score (nSPS) is 11.2. The highest BCUT2D eigenvalue weighted by Gasteiger charge is 2.24. The van der Waals surface area contributed by atoms with Crippen LogP contribution in [0.2, 0.25) is 0 Å². The third kappa shape index (κ3) is 10.2. The standard InChI is InChI=1S/C12H10ClO3P.C4H10ClO3P/c13-17(14,15-11-7-3-1-4-8-11)16-12-9-5-2-6-10-12;1-3-7-9(5,6)8-4-2/h1-10H;3-4H2,1-2H3. The van der Waals surface area contributed by atoms with E-state index in [1.807, 2.05) is 12.1 Å². The van der Waals surface area contributed by atoms with Crippen molar-refractivity contribution in [1.29, 1.82) is 0 Å². The molecule has 0 fully saturated rings. The van der Waals surface area contributed by atoms with Gasteiger partial charge in [0.1, 0.15) is 11.5 Å². The molecule has 0 saturated heterocycles. The average Bonchev–Trinajstić information content (AvgIpc) is 2.56. The van der Waals surface area contributed by atoms with E-state index >= 15 is 0 Å². The Hall–Kier alpha value is -1.00. The summed E-state index contributed by atoms with van der Waals surface area (Å²) in [6, 6.07) is 17.3. The Balaban J connectivity index is 0.000000321. The predicted octanol–water partition coefficient (Wildman–Crippen LogP) is 6.90. The number of hydrogen-bond donors (Lipinski definition) is 0. The van der Waals surface area contributed by atoms with Gasteiger partial charge in [0.15, 0.2) is 0 Å². The summed E-state index contributed by atoms with van der Waals surface area (Å²) in [4.78, 5) is 0. The molecule has 0 atom stereocenters. The number of benzene rings is 2. The molecule has 144 valence electrons. The SMILES string of the molecule is CCOP(=O)(Cl)OCC.O=P(Cl)(Oc1ccccc1)Oc1ccccc1. The molecule has 0 spiro atoms. The lowest BCUT2D eigenvalue weighted by Crippen LogP contribution is -1.94. The molecule has 0 amide bonds. The second kappa shape index (κ2) is 11.7. The van der Waals surface area contributed by atoms with Crippen LogP contribution in [0, 0.1) is 0 Å². The van der Waals surface area contributed by atoms with E-state index in [4.69, 9.17) is 31.5 Å². The number of halogens is 2. The highest BCUT2D eigenvalue weighted by molar-refractivity contribution is 7.82. The van der Waals surface area contributed by atoms with Gasteiger partial charge in [0.05, 0.1) is 13.2 Å². The van der Waals surface area contributed by atoms with Gasteiger partial charge in [0, 0.05) is 22.5 Å². The van der Waals surface area contributed by atoms with Crippen LogP contribution < -0.4 is 9.05 Å². The largest absolute Gasteiger partial charge is 0.530 e. The van der Waals surface area contributed by atoms with E-state index in [9.17, 15) is 9.13 Å². The zero-order valence-electron chi connectivity index (χ0n) is 14.3. The van der Waals surface area contributed by atoms with Crippen LogP contribution in [-0.2, 0) is 18.2 Å². The minimum Gasteiger partial charge on any atom is -0.405 e. The van der Waals surface area contributed by atoms with Gasteiger partial charge in [-0.15, -0.1) is 0 Å². The monoisotopic (exact) mass is 440 g/mol. The van der Waals surface area contributed by atoms with Crippen molar-refractivity contribution in [3.8, 4) is 11.5 Å². The molecule has 0 aliphatic heterocycles. The van der Waals surface area contributed by atoms with Crippen molar-refractivity contribution in [3.63, 3.8) is 0 Å². The van der Waals surface area contributed by atoms with Crippen molar-refractivity contribution in [1.82, 2.24) is 0 Å². The van der Waals surface area contributed by atoms with Crippen molar-refractivity contribution in [3.05, 3.63) is 60.7 Å². The number of rotatable bonds is 8. The van der Waals surface area contributed by atoms with Crippen LogP contribution in [0.5, 0.6) is 11.5 Å². The van der Waals surface area contributed by atoms with Crippen molar-refractivity contribution >= 4 is 36.4 Å². The van der Waals surface area contributed by atoms with Crippen molar-refractivity contribution in [2.45, 2.75) is 13.8 Å². The highest BCUT2D eigenvalue weighted by atomic mass is 35.7. The maximum atomic E-state index is 11.9. The summed E-state index contributed by atoms with van der Waals surface area (Å²) < 4.78 is 42.0. The Bertz CT molecular complexity index is 675. The Morgan fingerprint density at radius 1 is 0.692 bits per heavy atom.